The largest absolute Gasteiger partial charge is 0.331 e. The molecule has 2 rings (SSSR count). The third-order valence-corrected chi connectivity index (χ3v) is 3.20. The lowest BCUT2D eigenvalue weighted by atomic mass is 10.1. The molecule has 1 N–H and O–H groups in total. The molecule has 1 aromatic heterocycles. The molecule has 3 heteroatoms. The minimum atomic E-state index is 0.663. The van der Waals surface area contributed by atoms with Gasteiger partial charge in [-0.15, -0.1) is 0 Å². The van der Waals surface area contributed by atoms with E-state index in [1.54, 1.807) is 0 Å². The molecule has 0 aliphatic rings. The van der Waals surface area contributed by atoms with Crippen molar-refractivity contribution in [3.8, 4) is 0 Å². The van der Waals surface area contributed by atoms with Crippen molar-refractivity contribution in [2.24, 2.45) is 5.92 Å². The van der Waals surface area contributed by atoms with E-state index in [-0.39, 0.29) is 0 Å². The minimum absolute atomic E-state index is 0.663. The molecule has 80 valence electrons. The maximum atomic E-state index is 5.33. The van der Waals surface area contributed by atoms with Crippen molar-refractivity contribution < 1.29 is 0 Å². The van der Waals surface area contributed by atoms with Gasteiger partial charge in [0.15, 0.2) is 4.77 Å². The molecule has 1 heterocycles. The Kier molecular flexibility index (Phi) is 2.91. The second-order valence-electron chi connectivity index (χ2n) is 4.07. The normalized spacial score (nSPS) is 13.2. The number of fused-ring (bicyclic) bond motifs is 1. The lowest BCUT2D eigenvalue weighted by Gasteiger charge is -2.10. The van der Waals surface area contributed by atoms with E-state index in [0.717, 1.165) is 16.8 Å². The molecule has 2 aromatic rings. The van der Waals surface area contributed by atoms with E-state index in [2.05, 4.69) is 41.6 Å². The Balaban J connectivity index is 2.50. The summed E-state index contributed by atoms with van der Waals surface area (Å²) in [5.41, 5.74) is 2.34. The van der Waals surface area contributed by atoms with Gasteiger partial charge in [0, 0.05) is 6.54 Å². The monoisotopic (exact) mass is 220 g/mol. The molecule has 0 radical (unpaired) electrons. The second-order valence-corrected chi connectivity index (χ2v) is 4.46. The van der Waals surface area contributed by atoms with Crippen LogP contribution < -0.4 is 0 Å². The van der Waals surface area contributed by atoms with E-state index < -0.39 is 0 Å². The first-order chi connectivity index (χ1) is 7.22. The fourth-order valence-electron chi connectivity index (χ4n) is 1.73. The number of para-hydroxylation sites is 2. The molecule has 1 aromatic carbocycles. The molecule has 0 unspecified atom stereocenters. The van der Waals surface area contributed by atoms with Crippen LogP contribution in [0.1, 0.15) is 20.3 Å². The van der Waals surface area contributed by atoms with E-state index >= 15 is 0 Å². The number of aromatic nitrogens is 2. The average molecular weight is 220 g/mol. The van der Waals surface area contributed by atoms with E-state index in [1.807, 2.05) is 6.07 Å². The van der Waals surface area contributed by atoms with Gasteiger partial charge in [-0.25, -0.2) is 0 Å². The van der Waals surface area contributed by atoms with Crippen LogP contribution in [0, 0.1) is 10.7 Å². The predicted octanol–water partition coefficient (Wildman–Crippen LogP) is 3.74. The van der Waals surface area contributed by atoms with Gasteiger partial charge in [0.1, 0.15) is 0 Å². The highest BCUT2D eigenvalue weighted by atomic mass is 32.1. The summed E-state index contributed by atoms with van der Waals surface area (Å²) in [7, 11) is 0. The zero-order chi connectivity index (χ0) is 10.8. The van der Waals surface area contributed by atoms with Crippen molar-refractivity contribution in [2.45, 2.75) is 26.8 Å². The third-order valence-electron chi connectivity index (χ3n) is 2.87. The van der Waals surface area contributed by atoms with E-state index in [4.69, 9.17) is 12.2 Å². The van der Waals surface area contributed by atoms with Gasteiger partial charge in [-0.1, -0.05) is 32.4 Å². The van der Waals surface area contributed by atoms with Crippen molar-refractivity contribution in [2.75, 3.05) is 0 Å². The zero-order valence-electron chi connectivity index (χ0n) is 9.16. The number of nitrogens with one attached hydrogen (secondary N) is 1. The number of benzene rings is 1. The van der Waals surface area contributed by atoms with Crippen LogP contribution in [0.2, 0.25) is 0 Å². The Morgan fingerprint density at radius 2 is 2.13 bits per heavy atom. The second kappa shape index (κ2) is 4.19. The lowest BCUT2D eigenvalue weighted by Crippen LogP contribution is -2.06. The van der Waals surface area contributed by atoms with Gasteiger partial charge >= 0.3 is 0 Å². The summed E-state index contributed by atoms with van der Waals surface area (Å²) in [5, 5.41) is 0. The molecule has 0 spiro atoms. The van der Waals surface area contributed by atoms with Crippen molar-refractivity contribution in [1.29, 1.82) is 0 Å². The summed E-state index contributed by atoms with van der Waals surface area (Å²) < 4.78 is 3.02. The molecule has 15 heavy (non-hydrogen) atoms. The number of imidazole rings is 1. The van der Waals surface area contributed by atoms with Crippen molar-refractivity contribution in [3.05, 3.63) is 29.0 Å². The van der Waals surface area contributed by atoms with E-state index in [9.17, 15) is 0 Å². The Bertz CT molecular complexity index is 510. The van der Waals surface area contributed by atoms with Crippen LogP contribution in [-0.2, 0) is 6.54 Å². The first-order valence-corrected chi connectivity index (χ1v) is 5.80. The van der Waals surface area contributed by atoms with Gasteiger partial charge in [-0.3, -0.25) is 0 Å². The summed E-state index contributed by atoms with van der Waals surface area (Å²) in [6, 6.07) is 8.27. The minimum Gasteiger partial charge on any atom is -0.331 e. The number of nitrogens with zero attached hydrogens (tertiary/aromatic N) is 1. The Morgan fingerprint density at radius 3 is 2.87 bits per heavy atom. The number of rotatable bonds is 3. The van der Waals surface area contributed by atoms with Crippen molar-refractivity contribution in [3.63, 3.8) is 0 Å². The first kappa shape index (κ1) is 10.4. The van der Waals surface area contributed by atoms with Crippen LogP contribution in [0.15, 0.2) is 24.3 Å². The molecule has 0 saturated heterocycles. The molecule has 0 aliphatic carbocycles. The summed E-state index contributed by atoms with van der Waals surface area (Å²) in [4.78, 5) is 3.23. The zero-order valence-corrected chi connectivity index (χ0v) is 9.97. The highest BCUT2D eigenvalue weighted by Crippen LogP contribution is 2.16. The quantitative estimate of drug-likeness (QED) is 0.781. The number of aromatic amines is 1. The van der Waals surface area contributed by atoms with Crippen LogP contribution >= 0.6 is 12.2 Å². The molecule has 0 bridgehead atoms. The highest BCUT2D eigenvalue weighted by molar-refractivity contribution is 7.71. The number of hydrogen-bond acceptors (Lipinski definition) is 1. The first-order valence-electron chi connectivity index (χ1n) is 5.40. The molecular formula is C12H16N2S. The Hall–Kier alpha value is -1.09. The van der Waals surface area contributed by atoms with Crippen molar-refractivity contribution >= 4 is 23.3 Å². The highest BCUT2D eigenvalue weighted by Gasteiger charge is 2.06. The van der Waals surface area contributed by atoms with Gasteiger partial charge in [0.2, 0.25) is 0 Å². The summed E-state index contributed by atoms with van der Waals surface area (Å²) >= 11 is 5.33. The molecular weight excluding hydrogens is 204 g/mol. The van der Waals surface area contributed by atoms with E-state index in [0.29, 0.717) is 5.92 Å². The smallest absolute Gasteiger partial charge is 0.178 e. The third kappa shape index (κ3) is 1.97. The predicted molar refractivity (Wildman–Crippen MR) is 66.6 cm³/mol. The summed E-state index contributed by atoms with van der Waals surface area (Å²) in [6.45, 7) is 5.46. The van der Waals surface area contributed by atoms with Crippen LogP contribution in [0.4, 0.5) is 0 Å². The Labute approximate surface area is 94.9 Å². The average Bonchev–Trinajstić information content (AvgIpc) is 2.55. The van der Waals surface area contributed by atoms with E-state index in [1.165, 1.54) is 11.9 Å². The van der Waals surface area contributed by atoms with Gasteiger partial charge < -0.3 is 9.55 Å². The molecule has 0 aliphatic heterocycles. The van der Waals surface area contributed by atoms with Crippen LogP contribution in [0.5, 0.6) is 0 Å². The molecule has 1 atom stereocenters. The molecule has 0 amide bonds. The summed E-state index contributed by atoms with van der Waals surface area (Å²) in [5.74, 6) is 0.663. The maximum absolute atomic E-state index is 5.33. The van der Waals surface area contributed by atoms with Crippen molar-refractivity contribution in [1.82, 2.24) is 9.55 Å². The standard InChI is InChI=1S/C12H16N2S/c1-3-9(2)8-14-11-7-5-4-6-10(11)13-12(14)15/h4-7,9H,3,8H2,1-2H3,(H,13,15)/t9-/m1/s1. The SMILES string of the molecule is CC[C@@H](C)Cn1c(=S)[nH]c2ccccc21. The van der Waals surface area contributed by atoms with Crippen LogP contribution in [-0.4, -0.2) is 9.55 Å². The van der Waals surface area contributed by atoms with Crippen LogP contribution in [0.3, 0.4) is 0 Å². The molecule has 0 fully saturated rings. The topological polar surface area (TPSA) is 20.7 Å². The fraction of sp³-hybridized carbons (Fsp3) is 0.417. The molecule has 2 nitrogen and oxygen atoms in total. The maximum Gasteiger partial charge on any atom is 0.178 e. The fourth-order valence-corrected chi connectivity index (χ4v) is 2.01. The van der Waals surface area contributed by atoms with Gasteiger partial charge in [-0.05, 0) is 30.3 Å². The van der Waals surface area contributed by atoms with Gasteiger partial charge in [0.25, 0.3) is 0 Å². The van der Waals surface area contributed by atoms with Crippen LogP contribution in [0.25, 0.3) is 11.0 Å². The van der Waals surface area contributed by atoms with Gasteiger partial charge in [-0.2, -0.15) is 0 Å². The summed E-state index contributed by atoms with van der Waals surface area (Å²) in [6.07, 6.45) is 1.18. The molecule has 0 saturated carbocycles. The number of H-pyrrole nitrogens is 1. The number of hydrogen-bond donors (Lipinski definition) is 1. The van der Waals surface area contributed by atoms with Gasteiger partial charge in [0.05, 0.1) is 11.0 Å². The Morgan fingerprint density at radius 1 is 1.40 bits per heavy atom. The lowest BCUT2D eigenvalue weighted by molar-refractivity contribution is 0.473.